The van der Waals surface area contributed by atoms with Gasteiger partial charge >= 0.3 is 0 Å². The van der Waals surface area contributed by atoms with E-state index >= 15 is 0 Å². The van der Waals surface area contributed by atoms with Crippen LogP contribution in [0.15, 0.2) is 81.7 Å². The number of rotatable bonds is 11. The second kappa shape index (κ2) is 14.5. The van der Waals surface area contributed by atoms with E-state index in [0.717, 1.165) is 55.4 Å². The van der Waals surface area contributed by atoms with Gasteiger partial charge in [0.05, 0.1) is 24.3 Å². The highest BCUT2D eigenvalue weighted by atomic mass is 79.9. The molecule has 4 aromatic rings. The second-order valence-corrected chi connectivity index (χ2v) is 11.8. The van der Waals surface area contributed by atoms with Crippen LogP contribution in [-0.2, 0) is 0 Å². The summed E-state index contributed by atoms with van der Waals surface area (Å²) >= 11 is 6.90. The van der Waals surface area contributed by atoms with Gasteiger partial charge in [0.2, 0.25) is 0 Å². The Kier molecular flexibility index (Phi) is 10.8. The fourth-order valence-electron chi connectivity index (χ4n) is 4.38. The van der Waals surface area contributed by atoms with Gasteiger partial charge in [-0.1, -0.05) is 57.8 Å². The number of nitrogens with one attached hydrogen (secondary N) is 2. The zero-order chi connectivity index (χ0) is 30.2. The number of carbonyl (C=O) groups is 2. The van der Waals surface area contributed by atoms with Crippen molar-refractivity contribution in [2.24, 2.45) is 0 Å². The SMILES string of the molecule is CCCOc1ccc(Br)cc1C(=O)Nc1ccc(-c2ccc(NC(=O)c3cc(Br)ccc3OCCC)c(C)c2)cc1C. The van der Waals surface area contributed by atoms with E-state index in [-0.39, 0.29) is 11.8 Å². The summed E-state index contributed by atoms with van der Waals surface area (Å²) in [5.74, 6) is 0.643. The Balaban J connectivity index is 1.50. The van der Waals surface area contributed by atoms with Crippen LogP contribution in [0.5, 0.6) is 11.5 Å². The van der Waals surface area contributed by atoms with Crippen molar-refractivity contribution in [2.45, 2.75) is 40.5 Å². The first-order chi connectivity index (χ1) is 20.2. The van der Waals surface area contributed by atoms with Crippen molar-refractivity contribution < 1.29 is 19.1 Å². The monoisotopic (exact) mass is 692 g/mol. The van der Waals surface area contributed by atoms with Crippen molar-refractivity contribution in [3.8, 4) is 22.6 Å². The van der Waals surface area contributed by atoms with Gasteiger partial charge in [0.25, 0.3) is 11.8 Å². The molecule has 0 saturated carbocycles. The van der Waals surface area contributed by atoms with Crippen LogP contribution in [0, 0.1) is 13.8 Å². The molecule has 2 amide bonds. The van der Waals surface area contributed by atoms with Crippen LogP contribution >= 0.6 is 31.9 Å². The molecule has 8 heteroatoms. The lowest BCUT2D eigenvalue weighted by Gasteiger charge is -2.15. The van der Waals surface area contributed by atoms with Crippen LogP contribution < -0.4 is 20.1 Å². The minimum atomic E-state index is -0.233. The van der Waals surface area contributed by atoms with Crippen molar-refractivity contribution in [1.82, 2.24) is 0 Å². The smallest absolute Gasteiger partial charge is 0.259 e. The summed E-state index contributed by atoms with van der Waals surface area (Å²) in [5.41, 5.74) is 6.25. The van der Waals surface area contributed by atoms with Gasteiger partial charge in [0.1, 0.15) is 11.5 Å². The van der Waals surface area contributed by atoms with E-state index in [2.05, 4.69) is 42.5 Å². The molecule has 0 aliphatic carbocycles. The molecule has 0 fully saturated rings. The number of halogens is 2. The fourth-order valence-corrected chi connectivity index (χ4v) is 5.10. The lowest BCUT2D eigenvalue weighted by molar-refractivity contribution is 0.101. The van der Waals surface area contributed by atoms with Crippen LogP contribution in [0.4, 0.5) is 11.4 Å². The number of ether oxygens (including phenoxy) is 2. The third-order valence-electron chi connectivity index (χ3n) is 6.58. The molecule has 0 aromatic heterocycles. The Morgan fingerprint density at radius 2 is 1.02 bits per heavy atom. The average Bonchev–Trinajstić information content (AvgIpc) is 2.97. The van der Waals surface area contributed by atoms with Gasteiger partial charge in [-0.05, 0) is 110 Å². The second-order valence-electron chi connectivity index (χ2n) is 9.95. The third-order valence-corrected chi connectivity index (χ3v) is 7.56. The fraction of sp³-hybridized carbons (Fsp3) is 0.235. The zero-order valence-corrected chi connectivity index (χ0v) is 27.3. The molecule has 2 N–H and O–H groups in total. The molecule has 0 spiro atoms. The van der Waals surface area contributed by atoms with E-state index in [0.29, 0.717) is 35.8 Å². The number of anilines is 2. The number of hydrogen-bond acceptors (Lipinski definition) is 4. The quantitative estimate of drug-likeness (QED) is 0.164. The van der Waals surface area contributed by atoms with Crippen molar-refractivity contribution >= 4 is 55.0 Å². The predicted octanol–water partition coefficient (Wildman–Crippen LogP) is 9.58. The molecule has 0 bridgehead atoms. The van der Waals surface area contributed by atoms with Gasteiger partial charge < -0.3 is 20.1 Å². The summed E-state index contributed by atoms with van der Waals surface area (Å²) in [7, 11) is 0. The van der Waals surface area contributed by atoms with E-state index in [9.17, 15) is 9.59 Å². The highest BCUT2D eigenvalue weighted by Crippen LogP contribution is 2.31. The van der Waals surface area contributed by atoms with E-state index in [1.165, 1.54) is 0 Å². The lowest BCUT2D eigenvalue weighted by Crippen LogP contribution is -2.15. The highest BCUT2D eigenvalue weighted by Gasteiger charge is 2.17. The maximum atomic E-state index is 13.2. The first-order valence-electron chi connectivity index (χ1n) is 13.9. The molecule has 0 radical (unpaired) electrons. The summed E-state index contributed by atoms with van der Waals surface area (Å²) in [6.07, 6.45) is 1.70. The summed E-state index contributed by atoms with van der Waals surface area (Å²) in [6.45, 7) is 9.06. The van der Waals surface area contributed by atoms with Gasteiger partial charge in [0.15, 0.2) is 0 Å². The Bertz CT molecular complexity index is 1480. The third kappa shape index (κ3) is 7.81. The molecule has 6 nitrogen and oxygen atoms in total. The minimum absolute atomic E-state index is 0.233. The van der Waals surface area contributed by atoms with E-state index in [4.69, 9.17) is 9.47 Å². The molecule has 0 atom stereocenters. The Morgan fingerprint density at radius 1 is 0.619 bits per heavy atom. The van der Waals surface area contributed by atoms with Gasteiger partial charge in [0, 0.05) is 20.3 Å². The summed E-state index contributed by atoms with van der Waals surface area (Å²) in [4.78, 5) is 26.3. The number of hydrogen-bond donors (Lipinski definition) is 2. The van der Waals surface area contributed by atoms with Crippen molar-refractivity contribution in [1.29, 1.82) is 0 Å². The molecule has 42 heavy (non-hydrogen) atoms. The van der Waals surface area contributed by atoms with E-state index in [1.807, 2.05) is 76.2 Å². The van der Waals surface area contributed by atoms with Crippen molar-refractivity contribution in [2.75, 3.05) is 23.8 Å². The van der Waals surface area contributed by atoms with Gasteiger partial charge in [-0.25, -0.2) is 0 Å². The van der Waals surface area contributed by atoms with Crippen LogP contribution in [0.3, 0.4) is 0 Å². The molecular weight excluding hydrogens is 660 g/mol. The maximum absolute atomic E-state index is 13.2. The molecule has 0 saturated heterocycles. The first kappa shape index (κ1) is 31.3. The molecule has 4 rings (SSSR count). The topological polar surface area (TPSA) is 76.7 Å². The molecule has 4 aromatic carbocycles. The van der Waals surface area contributed by atoms with E-state index in [1.54, 1.807) is 24.3 Å². The maximum Gasteiger partial charge on any atom is 0.259 e. The summed E-state index contributed by atoms with van der Waals surface area (Å²) in [6, 6.07) is 22.7. The number of amides is 2. The van der Waals surface area contributed by atoms with Crippen LogP contribution in [-0.4, -0.2) is 25.0 Å². The largest absolute Gasteiger partial charge is 0.493 e. The zero-order valence-electron chi connectivity index (χ0n) is 24.1. The number of aryl methyl sites for hydroxylation is 2. The Morgan fingerprint density at radius 3 is 1.38 bits per heavy atom. The van der Waals surface area contributed by atoms with Gasteiger partial charge in [-0.2, -0.15) is 0 Å². The molecule has 0 aliphatic heterocycles. The predicted molar refractivity (Wildman–Crippen MR) is 177 cm³/mol. The normalized spacial score (nSPS) is 10.7. The molecule has 0 unspecified atom stereocenters. The standard InChI is InChI=1S/C34H34Br2N2O4/c1-5-15-41-31-13-9-25(35)19-27(31)33(39)37-29-11-7-23(17-21(29)3)24-8-12-30(22(4)18-24)38-34(40)28-20-26(36)10-14-32(28)42-16-6-2/h7-14,17-20H,5-6,15-16H2,1-4H3,(H,37,39)(H,38,40). The lowest BCUT2D eigenvalue weighted by atomic mass is 9.99. The highest BCUT2D eigenvalue weighted by molar-refractivity contribution is 9.10. The van der Waals surface area contributed by atoms with Crippen molar-refractivity contribution in [3.05, 3.63) is 104 Å². The van der Waals surface area contributed by atoms with Crippen LogP contribution in [0.2, 0.25) is 0 Å². The number of benzene rings is 4. The van der Waals surface area contributed by atoms with Crippen molar-refractivity contribution in [3.63, 3.8) is 0 Å². The van der Waals surface area contributed by atoms with Gasteiger partial charge in [-0.3, -0.25) is 9.59 Å². The van der Waals surface area contributed by atoms with Crippen LogP contribution in [0.25, 0.3) is 11.1 Å². The Labute approximate surface area is 264 Å². The molecule has 0 heterocycles. The average molecular weight is 694 g/mol. The first-order valence-corrected chi connectivity index (χ1v) is 15.5. The summed E-state index contributed by atoms with van der Waals surface area (Å²) < 4.78 is 13.2. The number of carbonyl (C=O) groups excluding carboxylic acids is 2. The van der Waals surface area contributed by atoms with Crippen LogP contribution in [0.1, 0.15) is 58.5 Å². The Hall–Kier alpha value is -3.62. The summed E-state index contributed by atoms with van der Waals surface area (Å²) in [5, 5.41) is 6.05. The van der Waals surface area contributed by atoms with Gasteiger partial charge in [-0.15, -0.1) is 0 Å². The minimum Gasteiger partial charge on any atom is -0.493 e. The molecule has 0 aliphatic rings. The van der Waals surface area contributed by atoms with E-state index < -0.39 is 0 Å². The molecule has 218 valence electrons. The molecular formula is C34H34Br2N2O4.